The highest BCUT2D eigenvalue weighted by atomic mass is 16.5. The van der Waals surface area contributed by atoms with Crippen molar-refractivity contribution in [3.8, 4) is 0 Å². The molecule has 0 aromatic rings. The van der Waals surface area contributed by atoms with Crippen molar-refractivity contribution in [2.75, 3.05) is 132 Å². The Labute approximate surface area is 670 Å². The fourth-order valence-corrected chi connectivity index (χ4v) is 11.4. The van der Waals surface area contributed by atoms with Crippen LogP contribution in [0.5, 0.6) is 0 Å². The zero-order valence-electron chi connectivity index (χ0n) is 68.1. The topological polar surface area (TPSA) is 483 Å². The van der Waals surface area contributed by atoms with Crippen LogP contribution in [0.25, 0.3) is 0 Å². The molecule has 4 atom stereocenters. The number of carbonyl (C=O) groups excluding carboxylic acids is 11. The number of carbonyl (C=O) groups is 15. The van der Waals surface area contributed by atoms with Gasteiger partial charge in [-0.1, -0.05) is 111 Å². The van der Waals surface area contributed by atoms with Crippen molar-refractivity contribution in [3.05, 3.63) is 0 Å². The van der Waals surface area contributed by atoms with Crippen molar-refractivity contribution in [2.45, 2.75) is 271 Å². The Balaban J connectivity index is -0.0000627. The Morgan fingerprint density at radius 2 is 0.646 bits per heavy atom. The van der Waals surface area contributed by atoms with Crippen LogP contribution in [-0.2, 0) is 110 Å². The van der Waals surface area contributed by atoms with Gasteiger partial charge in [-0.3, -0.25) is 62.3 Å². The number of carboxylic acid groups (broad SMARTS) is 4. The van der Waals surface area contributed by atoms with E-state index < -0.39 is 53.2 Å². The monoisotopic (exact) mass is 1620 g/mol. The fraction of sp³-hybridized carbons (Fsp3) is 0.812. The minimum absolute atomic E-state index is 0. The minimum Gasteiger partial charge on any atom is -0.481 e. The molecule has 0 aliphatic rings. The number of ketones is 5. The molecule has 0 rings (SSSR count). The summed E-state index contributed by atoms with van der Waals surface area (Å²) in [5.74, 6) is -7.94. The van der Waals surface area contributed by atoms with Gasteiger partial charge < -0.3 is 90.2 Å². The smallest absolute Gasteiger partial charge is 0.326 e. The van der Waals surface area contributed by atoms with E-state index in [4.69, 9.17) is 48.1 Å². The van der Waals surface area contributed by atoms with Crippen LogP contribution < -0.4 is 31.9 Å². The molecule has 0 unspecified atom stereocenters. The summed E-state index contributed by atoms with van der Waals surface area (Å²) in [6.07, 6.45) is 18.7. The van der Waals surface area contributed by atoms with Gasteiger partial charge in [0.1, 0.15) is 61.6 Å². The molecular formula is C80H142N6O27. The van der Waals surface area contributed by atoms with Crippen LogP contribution >= 0.6 is 0 Å². The molecule has 33 nitrogen and oxygen atoms in total. The summed E-state index contributed by atoms with van der Waals surface area (Å²) < 4.78 is 43.4. The van der Waals surface area contributed by atoms with E-state index in [1.807, 2.05) is 0 Å². The van der Waals surface area contributed by atoms with Gasteiger partial charge in [-0.15, -0.1) is 0 Å². The Morgan fingerprint density at radius 1 is 0.301 bits per heavy atom. The summed E-state index contributed by atoms with van der Waals surface area (Å²) in [4.78, 5) is 183. The van der Waals surface area contributed by atoms with Gasteiger partial charge in [0.2, 0.25) is 35.4 Å². The Hall–Kier alpha value is -7.27. The van der Waals surface area contributed by atoms with Crippen LogP contribution in [-0.4, -0.2) is 253 Å². The van der Waals surface area contributed by atoms with Crippen LogP contribution in [0.2, 0.25) is 0 Å². The van der Waals surface area contributed by atoms with E-state index in [1.54, 1.807) is 20.8 Å². The maximum atomic E-state index is 13.7. The summed E-state index contributed by atoms with van der Waals surface area (Å²) >= 11 is 0. The molecule has 6 amide bonds. The second-order valence-corrected chi connectivity index (χ2v) is 29.3. The molecule has 654 valence electrons. The average molecular weight is 1620 g/mol. The lowest BCUT2D eigenvalue weighted by molar-refractivity contribution is -0.142. The molecule has 0 heterocycles. The summed E-state index contributed by atoms with van der Waals surface area (Å²) in [6.45, 7) is 9.40. The third-order valence-electron chi connectivity index (χ3n) is 18.2. The van der Waals surface area contributed by atoms with E-state index in [-0.39, 0.29) is 256 Å². The van der Waals surface area contributed by atoms with E-state index >= 15 is 0 Å². The van der Waals surface area contributed by atoms with Crippen molar-refractivity contribution in [2.24, 2.45) is 17.3 Å². The van der Waals surface area contributed by atoms with Crippen molar-refractivity contribution in [1.82, 2.24) is 31.9 Å². The third kappa shape index (κ3) is 68.8. The first-order chi connectivity index (χ1) is 54.1. The third-order valence-corrected chi connectivity index (χ3v) is 18.2. The van der Waals surface area contributed by atoms with Gasteiger partial charge in [-0.25, -0.2) is 9.59 Å². The number of ether oxygens (including phenoxy) is 8. The Morgan fingerprint density at radius 3 is 1.04 bits per heavy atom. The number of rotatable bonds is 82. The van der Waals surface area contributed by atoms with Gasteiger partial charge in [0, 0.05) is 124 Å². The molecule has 0 saturated carbocycles. The van der Waals surface area contributed by atoms with E-state index in [0.717, 1.165) is 77.0 Å². The molecular weight excluding hydrogens is 1480 g/mol. The number of amides is 6. The number of nitrogens with one attached hydrogen (secondary N) is 6. The second-order valence-electron chi connectivity index (χ2n) is 29.3. The van der Waals surface area contributed by atoms with E-state index in [2.05, 4.69) is 31.9 Å². The molecule has 0 aliphatic carbocycles. The molecule has 0 aliphatic heterocycles. The van der Waals surface area contributed by atoms with E-state index in [0.29, 0.717) is 96.7 Å². The molecule has 0 saturated heterocycles. The Kier molecular flexibility index (Phi) is 66.7. The second kappa shape index (κ2) is 71.3. The van der Waals surface area contributed by atoms with E-state index in [9.17, 15) is 82.1 Å². The van der Waals surface area contributed by atoms with Crippen molar-refractivity contribution < 1.29 is 133 Å². The maximum Gasteiger partial charge on any atom is 0.326 e. The highest BCUT2D eigenvalue weighted by molar-refractivity contribution is 5.93. The predicted molar refractivity (Wildman–Crippen MR) is 421 cm³/mol. The standard InChI is InChI=1S/C80H138N6O27.2H2/c1-61(87)62(27-21-23-39-81-74(96)59-113-54-50-109-46-42-84-75(97)60-112-53-47-106-43-25-29-64(88)35-36-66(78(102)103)85-71(93)31-17-13-9-5-7-11-15-19-33-76(98)99)55-68(90)63(56-69(91)80(2,3)4)28-22-24-40-82-73(95)58-111-52-48-107-44-26-30-65(89)57-110-51-49-108-45-41-83-70(92)38-37-67(79(104)105)86-72(94)32-18-14-10-6-8-12-16-20-34-77(100)101;;/h62-63,66-67H,5-60H2,1-4H3,(H,81,96)(H,82,95)(H,83,92)(H,84,97)(H,85,93)(H,86,94)(H,98,99)(H,100,101)(H,102,103)(H,104,105);2*1H/t62-,63-,66+,67+;;/m1../s1. The maximum absolute atomic E-state index is 13.7. The molecule has 113 heavy (non-hydrogen) atoms. The van der Waals surface area contributed by atoms with Crippen LogP contribution in [0.4, 0.5) is 0 Å². The molecule has 0 spiro atoms. The SMILES string of the molecule is CC(=O)[C@H](CCCCNC(=O)COCCOCCNC(=O)COCCOCCCC(=O)CC[C@H](NC(=O)CCCCCCCCCCC(=O)O)C(=O)O)CC(=O)[C@H](CCCCNC(=O)COCCOCCCC(=O)COCCOCCNC(=O)CC[C@H](NC(=O)CCCCCCCCCCC(=O)O)C(=O)O)CC(=O)C(C)(C)C.[HH].[HH]. The zero-order valence-corrected chi connectivity index (χ0v) is 68.1. The Bertz CT molecular complexity index is 2730. The highest BCUT2D eigenvalue weighted by Crippen LogP contribution is 2.27. The lowest BCUT2D eigenvalue weighted by atomic mass is 9.79. The first-order valence-electron chi connectivity index (χ1n) is 40.9. The quantitative estimate of drug-likeness (QED) is 0.0262. The molecule has 0 bridgehead atoms. The predicted octanol–water partition coefficient (Wildman–Crippen LogP) is 7.57. The number of Topliss-reactive ketones (excluding diaryl/α,β-unsaturated/α-hetero) is 5. The number of unbranched alkanes of at least 4 members (excludes halogenated alkanes) is 16. The number of carboxylic acids is 4. The number of hydrogen-bond donors (Lipinski definition) is 10. The first kappa shape index (κ1) is 106. The van der Waals surface area contributed by atoms with Crippen molar-refractivity contribution >= 4 is 88.2 Å². The molecule has 10 N–H and O–H groups in total. The summed E-state index contributed by atoms with van der Waals surface area (Å²) in [5.41, 5.74) is -0.671. The molecule has 0 aromatic heterocycles. The zero-order chi connectivity index (χ0) is 84.0. The van der Waals surface area contributed by atoms with Gasteiger partial charge in [-0.05, 0) is 84.0 Å². The summed E-state index contributed by atoms with van der Waals surface area (Å²) in [7, 11) is 0. The lowest BCUT2D eigenvalue weighted by Crippen LogP contribution is -2.41. The number of hydrogen-bond acceptors (Lipinski definition) is 23. The summed E-state index contributed by atoms with van der Waals surface area (Å²) in [5, 5.41) is 52.3. The largest absolute Gasteiger partial charge is 0.481 e. The average Bonchev–Trinajstić information content (AvgIpc) is 0.869. The highest BCUT2D eigenvalue weighted by Gasteiger charge is 2.31. The molecule has 0 radical (unpaired) electrons. The fourth-order valence-electron chi connectivity index (χ4n) is 11.4. The van der Waals surface area contributed by atoms with Gasteiger partial charge in [0.05, 0.1) is 66.1 Å². The molecule has 0 fully saturated rings. The molecule has 33 heteroatoms. The van der Waals surface area contributed by atoms with Crippen LogP contribution in [0.3, 0.4) is 0 Å². The normalized spacial score (nSPS) is 12.4. The van der Waals surface area contributed by atoms with Crippen LogP contribution in [0, 0.1) is 17.3 Å². The summed E-state index contributed by atoms with van der Waals surface area (Å²) in [6, 6.07) is -2.34. The number of aliphatic carboxylic acids is 4. The van der Waals surface area contributed by atoms with Crippen molar-refractivity contribution in [1.29, 1.82) is 0 Å². The van der Waals surface area contributed by atoms with Crippen LogP contribution in [0.1, 0.15) is 262 Å². The lowest BCUT2D eigenvalue weighted by Gasteiger charge is -2.23. The van der Waals surface area contributed by atoms with Crippen molar-refractivity contribution in [3.63, 3.8) is 0 Å². The van der Waals surface area contributed by atoms with Crippen LogP contribution in [0.15, 0.2) is 0 Å². The van der Waals surface area contributed by atoms with Gasteiger partial charge in [0.25, 0.3) is 0 Å². The van der Waals surface area contributed by atoms with E-state index in [1.165, 1.54) is 6.92 Å². The minimum atomic E-state index is -1.22. The molecule has 0 aromatic carbocycles. The first-order valence-corrected chi connectivity index (χ1v) is 40.9. The van der Waals surface area contributed by atoms with Gasteiger partial charge in [0.15, 0.2) is 5.78 Å². The van der Waals surface area contributed by atoms with Gasteiger partial charge in [-0.2, -0.15) is 0 Å². The van der Waals surface area contributed by atoms with Gasteiger partial charge >= 0.3 is 23.9 Å².